The number of Topliss-reactive ketones (excluding diaryl/α,β-unsaturated/α-hetero) is 1. The molecule has 41 heavy (non-hydrogen) atoms. The number of hydrogen-bond donors (Lipinski definition) is 1. The molecular formula is C33H25FN2O4S. The van der Waals surface area contributed by atoms with Crippen LogP contribution in [0.5, 0.6) is 5.75 Å². The van der Waals surface area contributed by atoms with Gasteiger partial charge in [-0.25, -0.2) is 9.37 Å². The van der Waals surface area contributed by atoms with Crippen LogP contribution >= 0.6 is 11.3 Å². The molecule has 1 saturated heterocycles. The van der Waals surface area contributed by atoms with Gasteiger partial charge >= 0.3 is 5.91 Å². The smallest absolute Gasteiger partial charge is 0.301 e. The number of aliphatic hydroxyl groups is 1. The van der Waals surface area contributed by atoms with Gasteiger partial charge < -0.3 is 9.84 Å². The number of ether oxygens (including phenoxy) is 1. The quantitative estimate of drug-likeness (QED) is 0.133. The number of ketones is 1. The highest BCUT2D eigenvalue weighted by Crippen LogP contribution is 2.45. The molecule has 0 spiro atoms. The number of thiazole rings is 1. The summed E-state index contributed by atoms with van der Waals surface area (Å²) in [7, 11) is 0. The lowest BCUT2D eigenvalue weighted by Gasteiger charge is -2.23. The van der Waals surface area contributed by atoms with E-state index < -0.39 is 23.5 Å². The SMILES string of the molecule is Cc1cc(C)c2nc(N3C(=O)C(=O)/C(=C(/O)c4ccc(F)cc4)C3c3ccc(OCc4ccccc4)cc3)sc2c1. The fourth-order valence-electron chi connectivity index (χ4n) is 5.06. The molecular weight excluding hydrogens is 539 g/mol. The number of hydrogen-bond acceptors (Lipinski definition) is 6. The summed E-state index contributed by atoms with van der Waals surface area (Å²) in [5.74, 6) is -1.89. The molecule has 0 radical (unpaired) electrons. The van der Waals surface area contributed by atoms with Crippen LogP contribution in [-0.4, -0.2) is 21.8 Å². The molecule has 1 unspecified atom stereocenters. The molecule has 1 atom stereocenters. The van der Waals surface area contributed by atoms with E-state index in [4.69, 9.17) is 9.72 Å². The molecule has 4 aromatic carbocycles. The Morgan fingerprint density at radius 1 is 0.976 bits per heavy atom. The van der Waals surface area contributed by atoms with Gasteiger partial charge in [0.1, 0.15) is 23.9 Å². The molecule has 5 aromatic rings. The number of aliphatic hydroxyl groups excluding tert-OH is 1. The van der Waals surface area contributed by atoms with Crippen molar-refractivity contribution in [3.63, 3.8) is 0 Å². The molecule has 1 N–H and O–H groups in total. The van der Waals surface area contributed by atoms with Crippen molar-refractivity contribution in [3.8, 4) is 5.75 Å². The Kier molecular flexibility index (Phi) is 6.85. The zero-order valence-corrected chi connectivity index (χ0v) is 23.1. The van der Waals surface area contributed by atoms with Crippen molar-refractivity contribution in [1.29, 1.82) is 0 Å². The van der Waals surface area contributed by atoms with Crippen molar-refractivity contribution in [3.05, 3.63) is 130 Å². The van der Waals surface area contributed by atoms with Crippen LogP contribution in [0.25, 0.3) is 16.0 Å². The lowest BCUT2D eigenvalue weighted by molar-refractivity contribution is -0.132. The summed E-state index contributed by atoms with van der Waals surface area (Å²) in [6, 6.07) is 25.0. The van der Waals surface area contributed by atoms with Crippen molar-refractivity contribution in [1.82, 2.24) is 4.98 Å². The summed E-state index contributed by atoms with van der Waals surface area (Å²) >= 11 is 1.31. The minimum Gasteiger partial charge on any atom is -0.507 e. The topological polar surface area (TPSA) is 79.7 Å². The Morgan fingerprint density at radius 2 is 1.68 bits per heavy atom. The van der Waals surface area contributed by atoms with E-state index in [2.05, 4.69) is 0 Å². The minimum atomic E-state index is -0.954. The number of carbonyl (C=O) groups is 2. The van der Waals surface area contributed by atoms with Crippen LogP contribution in [0.15, 0.2) is 96.6 Å². The molecule has 8 heteroatoms. The summed E-state index contributed by atoms with van der Waals surface area (Å²) in [6.07, 6.45) is 0. The first kappa shape index (κ1) is 26.4. The molecule has 0 saturated carbocycles. The van der Waals surface area contributed by atoms with Crippen molar-refractivity contribution in [2.24, 2.45) is 0 Å². The third-order valence-corrected chi connectivity index (χ3v) is 8.03. The van der Waals surface area contributed by atoms with Gasteiger partial charge in [0, 0.05) is 5.56 Å². The number of aromatic nitrogens is 1. The van der Waals surface area contributed by atoms with E-state index in [9.17, 15) is 19.1 Å². The first-order chi connectivity index (χ1) is 19.8. The van der Waals surface area contributed by atoms with E-state index in [1.54, 1.807) is 24.3 Å². The number of aryl methyl sites for hydroxylation is 2. The number of nitrogens with zero attached hydrogens (tertiary/aromatic N) is 2. The Balaban J connectivity index is 1.44. The van der Waals surface area contributed by atoms with Gasteiger partial charge in [-0.05, 0) is 78.6 Å². The fourth-order valence-corrected chi connectivity index (χ4v) is 6.23. The number of halogens is 1. The van der Waals surface area contributed by atoms with E-state index >= 15 is 0 Å². The number of carbonyl (C=O) groups excluding carboxylic acids is 2. The monoisotopic (exact) mass is 564 g/mol. The lowest BCUT2D eigenvalue weighted by Crippen LogP contribution is -2.29. The average molecular weight is 565 g/mol. The highest BCUT2D eigenvalue weighted by Gasteiger charge is 2.48. The molecule has 6 nitrogen and oxygen atoms in total. The molecule has 204 valence electrons. The number of rotatable bonds is 6. The molecule has 1 aliphatic rings. The molecule has 1 fully saturated rings. The average Bonchev–Trinajstić information content (AvgIpc) is 3.51. The van der Waals surface area contributed by atoms with Crippen LogP contribution in [0, 0.1) is 19.7 Å². The maximum Gasteiger partial charge on any atom is 0.301 e. The summed E-state index contributed by atoms with van der Waals surface area (Å²) in [6.45, 7) is 4.32. The van der Waals surface area contributed by atoms with Gasteiger partial charge in [0.25, 0.3) is 5.78 Å². The fraction of sp³-hybridized carbons (Fsp3) is 0.121. The third kappa shape index (κ3) is 4.98. The molecule has 6 rings (SSSR count). The Hall–Kier alpha value is -4.82. The van der Waals surface area contributed by atoms with Gasteiger partial charge in [-0.15, -0.1) is 0 Å². The highest BCUT2D eigenvalue weighted by molar-refractivity contribution is 7.22. The lowest BCUT2D eigenvalue weighted by atomic mass is 9.95. The maximum absolute atomic E-state index is 13.6. The first-order valence-electron chi connectivity index (χ1n) is 13.0. The molecule has 1 aromatic heterocycles. The van der Waals surface area contributed by atoms with Gasteiger partial charge in [-0.3, -0.25) is 14.5 Å². The summed E-state index contributed by atoms with van der Waals surface area (Å²) < 4.78 is 20.4. The van der Waals surface area contributed by atoms with Crippen LogP contribution in [0.4, 0.5) is 9.52 Å². The van der Waals surface area contributed by atoms with Crippen molar-refractivity contribution in [2.75, 3.05) is 4.90 Å². The second-order valence-electron chi connectivity index (χ2n) is 9.94. The minimum absolute atomic E-state index is 0.0910. The van der Waals surface area contributed by atoms with Gasteiger partial charge in [-0.2, -0.15) is 0 Å². The number of amides is 1. The normalized spacial score (nSPS) is 16.5. The summed E-state index contributed by atoms with van der Waals surface area (Å²) in [4.78, 5) is 33.1. The number of anilines is 1. The summed E-state index contributed by atoms with van der Waals surface area (Å²) in [5.41, 5.74) is 4.52. The Labute approximate surface area is 240 Å². The van der Waals surface area contributed by atoms with Gasteiger partial charge in [0.05, 0.1) is 21.8 Å². The Morgan fingerprint density at radius 3 is 2.39 bits per heavy atom. The second kappa shape index (κ2) is 10.6. The zero-order valence-electron chi connectivity index (χ0n) is 22.3. The van der Waals surface area contributed by atoms with Crippen molar-refractivity contribution in [2.45, 2.75) is 26.5 Å². The Bertz CT molecular complexity index is 1810. The first-order valence-corrected chi connectivity index (χ1v) is 13.8. The predicted molar refractivity (Wildman–Crippen MR) is 157 cm³/mol. The molecule has 0 bridgehead atoms. The van der Waals surface area contributed by atoms with Crippen molar-refractivity contribution < 1.29 is 23.8 Å². The second-order valence-corrected chi connectivity index (χ2v) is 11.0. The molecule has 1 aliphatic heterocycles. The van der Waals surface area contributed by atoms with E-state index in [0.717, 1.165) is 26.9 Å². The van der Waals surface area contributed by atoms with Crippen LogP contribution in [-0.2, 0) is 16.2 Å². The number of fused-ring (bicyclic) bond motifs is 1. The summed E-state index contributed by atoms with van der Waals surface area (Å²) in [5, 5.41) is 11.6. The van der Waals surface area contributed by atoms with Crippen LogP contribution in [0.1, 0.15) is 33.9 Å². The highest BCUT2D eigenvalue weighted by atomic mass is 32.1. The molecule has 1 amide bonds. The van der Waals surface area contributed by atoms with Gasteiger partial charge in [-0.1, -0.05) is 59.9 Å². The van der Waals surface area contributed by atoms with E-state index in [-0.39, 0.29) is 16.9 Å². The van der Waals surface area contributed by atoms with Gasteiger partial charge in [0.15, 0.2) is 5.13 Å². The standard InChI is InChI=1S/C33H25FN2O4S/c1-19-16-20(2)28-26(17-19)41-33(35-28)36-29(22-10-14-25(15-11-22)40-18-21-6-4-3-5-7-21)27(31(38)32(36)39)30(37)23-8-12-24(34)13-9-23/h3-17,29,37H,18H2,1-2H3/b30-27+. The molecule has 2 heterocycles. The van der Waals surface area contributed by atoms with E-state index in [0.29, 0.717) is 23.1 Å². The molecule has 0 aliphatic carbocycles. The van der Waals surface area contributed by atoms with E-state index in [1.165, 1.54) is 40.5 Å². The van der Waals surface area contributed by atoms with E-state index in [1.807, 2.05) is 56.3 Å². The number of benzene rings is 4. The van der Waals surface area contributed by atoms with Crippen LogP contribution < -0.4 is 9.64 Å². The maximum atomic E-state index is 13.6. The van der Waals surface area contributed by atoms with Crippen molar-refractivity contribution >= 4 is 44.1 Å². The largest absolute Gasteiger partial charge is 0.507 e. The zero-order chi connectivity index (χ0) is 28.7. The predicted octanol–water partition coefficient (Wildman–Crippen LogP) is 7.26. The van der Waals surface area contributed by atoms with Crippen LogP contribution in [0.3, 0.4) is 0 Å². The van der Waals surface area contributed by atoms with Crippen LogP contribution in [0.2, 0.25) is 0 Å². The van der Waals surface area contributed by atoms with Gasteiger partial charge in [0.2, 0.25) is 0 Å². The third-order valence-electron chi connectivity index (χ3n) is 7.03.